The number of aromatic nitrogens is 2. The fraction of sp³-hybridized carbons (Fsp3) is 0.0526. The van der Waals surface area contributed by atoms with Crippen molar-refractivity contribution in [1.29, 1.82) is 0 Å². The van der Waals surface area contributed by atoms with Crippen LogP contribution in [0, 0.1) is 0 Å². The summed E-state index contributed by atoms with van der Waals surface area (Å²) in [6.07, 6.45) is 0.530. The molecule has 0 atom stereocenters. The normalized spacial score (nSPS) is 11.2. The second-order valence-electron chi connectivity index (χ2n) is 5.77. The molecule has 0 fully saturated rings. The van der Waals surface area contributed by atoms with Gasteiger partial charge >= 0.3 is 0 Å². The average molecular weight is 422 g/mol. The first-order valence-electron chi connectivity index (χ1n) is 7.71. The molecule has 0 radical (unpaired) electrons. The predicted octanol–water partition coefficient (Wildman–Crippen LogP) is 6.20. The molecule has 0 saturated carbocycles. The van der Waals surface area contributed by atoms with Crippen molar-refractivity contribution < 1.29 is 0 Å². The van der Waals surface area contributed by atoms with E-state index < -0.39 is 0 Å². The Morgan fingerprint density at radius 3 is 2.50 bits per heavy atom. The topological polar surface area (TPSA) is 45.8 Å². The van der Waals surface area contributed by atoms with Crippen LogP contribution in [0.1, 0.15) is 11.4 Å². The number of nitrogens with one attached hydrogen (secondary N) is 1. The molecule has 7 heteroatoms. The van der Waals surface area contributed by atoms with Crippen LogP contribution >= 0.6 is 46.1 Å². The maximum absolute atomic E-state index is 12.7. The van der Waals surface area contributed by atoms with Crippen LogP contribution in [0.15, 0.2) is 52.6 Å². The van der Waals surface area contributed by atoms with Gasteiger partial charge in [0.15, 0.2) is 0 Å². The molecule has 0 aliphatic rings. The molecule has 4 rings (SSSR count). The van der Waals surface area contributed by atoms with E-state index in [0.29, 0.717) is 37.5 Å². The highest BCUT2D eigenvalue weighted by Gasteiger charge is 2.14. The first-order valence-corrected chi connectivity index (χ1v) is 9.73. The number of H-pyrrole nitrogens is 1. The van der Waals surface area contributed by atoms with Crippen LogP contribution in [0.25, 0.3) is 21.3 Å². The minimum absolute atomic E-state index is 0.165. The number of fused-ring (bicyclic) bond motifs is 1. The van der Waals surface area contributed by atoms with Gasteiger partial charge in [-0.1, -0.05) is 53.0 Å². The van der Waals surface area contributed by atoms with Crippen molar-refractivity contribution in [2.45, 2.75) is 6.42 Å². The van der Waals surface area contributed by atoms with E-state index in [9.17, 15) is 4.79 Å². The number of thiophene rings is 1. The Kier molecular flexibility index (Phi) is 4.76. The van der Waals surface area contributed by atoms with E-state index in [2.05, 4.69) is 9.97 Å². The van der Waals surface area contributed by atoms with E-state index in [-0.39, 0.29) is 5.56 Å². The number of hydrogen-bond donors (Lipinski definition) is 1. The monoisotopic (exact) mass is 420 g/mol. The standard InChI is InChI=1S/C19H11Cl3N2OS/c20-12-4-1-10(2-5-12)7-16-23-18(25)17-13(9-26-19(17)24-16)11-3-6-14(21)15(22)8-11/h1-6,8-9H,7H2,(H,23,24,25). The molecule has 2 aromatic carbocycles. The van der Waals surface area contributed by atoms with Crippen molar-refractivity contribution in [3.05, 3.63) is 84.7 Å². The maximum Gasteiger partial charge on any atom is 0.260 e. The molecular formula is C19H11Cl3N2OS. The summed E-state index contributed by atoms with van der Waals surface area (Å²) in [5, 5.41) is 4.08. The molecule has 0 aliphatic carbocycles. The summed E-state index contributed by atoms with van der Waals surface area (Å²) in [6, 6.07) is 12.8. The van der Waals surface area contributed by atoms with Gasteiger partial charge < -0.3 is 4.98 Å². The SMILES string of the molecule is O=c1[nH]c(Cc2ccc(Cl)cc2)nc2scc(-c3ccc(Cl)c(Cl)c3)c12. The number of benzene rings is 2. The second-order valence-corrected chi connectivity index (χ2v) is 7.88. The fourth-order valence-corrected chi connectivity index (χ4v) is 4.14. The summed E-state index contributed by atoms with van der Waals surface area (Å²) in [4.78, 5) is 20.9. The summed E-state index contributed by atoms with van der Waals surface area (Å²) >= 11 is 19.4. The lowest BCUT2D eigenvalue weighted by molar-refractivity contribution is 0.977. The summed E-state index contributed by atoms with van der Waals surface area (Å²) in [5.41, 5.74) is 2.50. The van der Waals surface area contributed by atoms with Crippen LogP contribution < -0.4 is 5.56 Å². The Balaban J connectivity index is 1.76. The van der Waals surface area contributed by atoms with Crippen LogP contribution in [0.2, 0.25) is 15.1 Å². The van der Waals surface area contributed by atoms with E-state index in [4.69, 9.17) is 34.8 Å². The van der Waals surface area contributed by atoms with Crippen molar-refractivity contribution >= 4 is 56.4 Å². The van der Waals surface area contributed by atoms with Gasteiger partial charge in [0.1, 0.15) is 10.7 Å². The molecule has 0 unspecified atom stereocenters. The minimum atomic E-state index is -0.165. The summed E-state index contributed by atoms with van der Waals surface area (Å²) in [7, 11) is 0. The van der Waals surface area contributed by atoms with Crippen LogP contribution in [-0.2, 0) is 6.42 Å². The van der Waals surface area contributed by atoms with E-state index >= 15 is 0 Å². The van der Waals surface area contributed by atoms with E-state index in [1.54, 1.807) is 12.1 Å². The molecule has 0 aliphatic heterocycles. The Hall–Kier alpha value is -1.85. The van der Waals surface area contributed by atoms with Crippen molar-refractivity contribution in [2.24, 2.45) is 0 Å². The predicted molar refractivity (Wildman–Crippen MR) is 110 cm³/mol. The molecule has 4 aromatic rings. The number of hydrogen-bond acceptors (Lipinski definition) is 3. The van der Waals surface area contributed by atoms with Gasteiger partial charge in [-0.3, -0.25) is 4.79 Å². The van der Waals surface area contributed by atoms with Gasteiger partial charge in [0.25, 0.3) is 5.56 Å². The van der Waals surface area contributed by atoms with Crippen LogP contribution in [-0.4, -0.2) is 9.97 Å². The van der Waals surface area contributed by atoms with Gasteiger partial charge in [-0.05, 0) is 35.4 Å². The lowest BCUT2D eigenvalue weighted by atomic mass is 10.1. The van der Waals surface area contributed by atoms with Gasteiger partial charge in [-0.15, -0.1) is 11.3 Å². The number of halogens is 3. The van der Waals surface area contributed by atoms with Crippen molar-refractivity contribution in [2.75, 3.05) is 0 Å². The molecule has 0 spiro atoms. The Labute approximate surface area is 168 Å². The third-order valence-corrected chi connectivity index (χ3v) is 5.87. The van der Waals surface area contributed by atoms with E-state index in [1.165, 1.54) is 11.3 Å². The zero-order valence-electron chi connectivity index (χ0n) is 13.2. The highest BCUT2D eigenvalue weighted by atomic mass is 35.5. The zero-order valence-corrected chi connectivity index (χ0v) is 16.3. The molecule has 2 aromatic heterocycles. The molecule has 0 amide bonds. The summed E-state index contributed by atoms with van der Waals surface area (Å²) in [6.45, 7) is 0. The summed E-state index contributed by atoms with van der Waals surface area (Å²) in [5.74, 6) is 0.618. The first kappa shape index (κ1) is 17.6. The molecule has 0 bridgehead atoms. The van der Waals surface area contributed by atoms with Crippen LogP contribution in [0.3, 0.4) is 0 Å². The molecule has 0 saturated heterocycles. The average Bonchev–Trinajstić information content (AvgIpc) is 3.04. The van der Waals surface area contributed by atoms with Gasteiger partial charge in [0, 0.05) is 22.4 Å². The lowest BCUT2D eigenvalue weighted by Crippen LogP contribution is -2.11. The Bertz CT molecular complexity index is 1170. The molecule has 2 heterocycles. The first-order chi connectivity index (χ1) is 12.5. The highest BCUT2D eigenvalue weighted by molar-refractivity contribution is 7.17. The third-order valence-electron chi connectivity index (χ3n) is 4.01. The molecule has 1 N–H and O–H groups in total. The molecule has 3 nitrogen and oxygen atoms in total. The van der Waals surface area contributed by atoms with Crippen molar-refractivity contribution in [3.8, 4) is 11.1 Å². The third kappa shape index (κ3) is 3.38. The van der Waals surface area contributed by atoms with Crippen LogP contribution in [0.4, 0.5) is 0 Å². The quantitative estimate of drug-likeness (QED) is 0.428. The molecule has 130 valence electrons. The second kappa shape index (κ2) is 7.05. The lowest BCUT2D eigenvalue weighted by Gasteiger charge is -2.04. The Morgan fingerprint density at radius 1 is 1.00 bits per heavy atom. The van der Waals surface area contributed by atoms with Crippen molar-refractivity contribution in [3.63, 3.8) is 0 Å². The van der Waals surface area contributed by atoms with Gasteiger partial charge in [0.05, 0.1) is 15.4 Å². The number of aromatic amines is 1. The Morgan fingerprint density at radius 2 is 1.77 bits per heavy atom. The van der Waals surface area contributed by atoms with Crippen molar-refractivity contribution in [1.82, 2.24) is 9.97 Å². The molecule has 26 heavy (non-hydrogen) atoms. The van der Waals surface area contributed by atoms with Gasteiger partial charge in [-0.2, -0.15) is 0 Å². The van der Waals surface area contributed by atoms with Gasteiger partial charge in [-0.25, -0.2) is 4.98 Å². The van der Waals surface area contributed by atoms with Crippen LogP contribution in [0.5, 0.6) is 0 Å². The fourth-order valence-electron chi connectivity index (χ4n) is 2.75. The zero-order chi connectivity index (χ0) is 18.3. The highest BCUT2D eigenvalue weighted by Crippen LogP contribution is 2.34. The number of rotatable bonds is 3. The van der Waals surface area contributed by atoms with E-state index in [0.717, 1.165) is 16.7 Å². The maximum atomic E-state index is 12.7. The summed E-state index contributed by atoms with van der Waals surface area (Å²) < 4.78 is 0. The molecular weight excluding hydrogens is 411 g/mol. The van der Waals surface area contributed by atoms with E-state index in [1.807, 2.05) is 35.7 Å². The number of nitrogens with zero attached hydrogens (tertiary/aromatic N) is 1. The minimum Gasteiger partial charge on any atom is -0.310 e. The van der Waals surface area contributed by atoms with Gasteiger partial charge in [0.2, 0.25) is 0 Å². The smallest absolute Gasteiger partial charge is 0.260 e. The largest absolute Gasteiger partial charge is 0.310 e.